The number of nitrogens with zero attached hydrogens (tertiary/aromatic N) is 1. The van der Waals surface area contributed by atoms with Crippen LogP contribution in [0.2, 0.25) is 0 Å². The van der Waals surface area contributed by atoms with Gasteiger partial charge in [-0.1, -0.05) is 30.9 Å². The van der Waals surface area contributed by atoms with Crippen LogP contribution in [0.15, 0.2) is 55.1 Å². The average molecular weight is 349 g/mol. The third-order valence-electron chi connectivity index (χ3n) is 5.16. The van der Waals surface area contributed by atoms with Gasteiger partial charge in [-0.2, -0.15) is 0 Å². The van der Waals surface area contributed by atoms with E-state index in [0.717, 1.165) is 36.9 Å². The summed E-state index contributed by atoms with van der Waals surface area (Å²) in [7, 11) is 0. The summed E-state index contributed by atoms with van der Waals surface area (Å²) in [5.74, 6) is 1.64. The fourth-order valence-electron chi connectivity index (χ4n) is 3.70. The van der Waals surface area contributed by atoms with Crippen LogP contribution in [0.1, 0.15) is 36.8 Å². The Balaban J connectivity index is 1.69. The average Bonchev–Trinajstić information content (AvgIpc) is 3.48. The lowest BCUT2D eigenvalue weighted by atomic mass is 9.99. The van der Waals surface area contributed by atoms with Crippen LogP contribution >= 0.6 is 0 Å². The third-order valence-corrected chi connectivity index (χ3v) is 5.16. The Kier molecular flexibility index (Phi) is 4.98. The van der Waals surface area contributed by atoms with E-state index in [1.54, 1.807) is 6.08 Å². The molecule has 1 fully saturated rings. The summed E-state index contributed by atoms with van der Waals surface area (Å²) >= 11 is 0. The summed E-state index contributed by atoms with van der Waals surface area (Å²) in [4.78, 5) is 2.36. The van der Waals surface area contributed by atoms with Crippen LogP contribution in [0.25, 0.3) is 0 Å². The molecule has 1 aliphatic heterocycles. The molecule has 0 bridgehead atoms. The minimum absolute atomic E-state index is 0.257. The standard InChI is InChI=1S/C23H27NO2/c1-3-12-26-22-6-4-5-21(16-22)24-11-13-25-17(2)14-20-15-19(18-7-8-18)9-10-23(20)24/h3-6,9-10,15-18H,1,7-8,11-14H2,2H3. The molecule has 2 aromatic carbocycles. The van der Waals surface area contributed by atoms with Gasteiger partial charge in [-0.3, -0.25) is 0 Å². The van der Waals surface area contributed by atoms with Gasteiger partial charge in [0.1, 0.15) is 12.4 Å². The van der Waals surface area contributed by atoms with E-state index in [4.69, 9.17) is 9.47 Å². The van der Waals surface area contributed by atoms with Crippen molar-refractivity contribution in [2.24, 2.45) is 0 Å². The van der Waals surface area contributed by atoms with Crippen molar-refractivity contribution in [2.45, 2.75) is 38.2 Å². The second kappa shape index (κ2) is 7.55. The first-order valence-electron chi connectivity index (χ1n) is 9.60. The zero-order valence-electron chi connectivity index (χ0n) is 15.5. The normalized spacial score (nSPS) is 20.0. The number of rotatable bonds is 5. The molecule has 2 aromatic rings. The molecule has 1 unspecified atom stereocenters. The lowest BCUT2D eigenvalue weighted by Gasteiger charge is -2.31. The maximum Gasteiger partial charge on any atom is 0.121 e. The molecular weight excluding hydrogens is 322 g/mol. The van der Waals surface area contributed by atoms with Crippen molar-refractivity contribution in [3.05, 3.63) is 66.2 Å². The van der Waals surface area contributed by atoms with E-state index >= 15 is 0 Å². The Morgan fingerprint density at radius 1 is 1.23 bits per heavy atom. The van der Waals surface area contributed by atoms with Crippen LogP contribution in [0.3, 0.4) is 0 Å². The van der Waals surface area contributed by atoms with Crippen molar-refractivity contribution in [1.82, 2.24) is 0 Å². The van der Waals surface area contributed by atoms with E-state index in [1.165, 1.54) is 29.7 Å². The SMILES string of the molecule is C=CCOc1cccc(N2CCOC(C)Cc3cc(C4CC4)ccc32)c1. The summed E-state index contributed by atoms with van der Waals surface area (Å²) in [6.45, 7) is 7.98. The molecule has 1 aliphatic carbocycles. The van der Waals surface area contributed by atoms with Crippen LogP contribution in [0, 0.1) is 0 Å². The highest BCUT2D eigenvalue weighted by molar-refractivity contribution is 5.68. The molecule has 1 atom stereocenters. The third kappa shape index (κ3) is 3.78. The van der Waals surface area contributed by atoms with Gasteiger partial charge < -0.3 is 14.4 Å². The van der Waals surface area contributed by atoms with Crippen molar-refractivity contribution in [3.63, 3.8) is 0 Å². The van der Waals surface area contributed by atoms with E-state index < -0.39 is 0 Å². The summed E-state index contributed by atoms with van der Waals surface area (Å²) in [6.07, 6.45) is 5.65. The van der Waals surface area contributed by atoms with Gasteiger partial charge in [0.15, 0.2) is 0 Å². The van der Waals surface area contributed by atoms with Gasteiger partial charge in [0.05, 0.1) is 12.7 Å². The first-order chi connectivity index (χ1) is 12.7. The fourth-order valence-corrected chi connectivity index (χ4v) is 3.70. The second-order valence-corrected chi connectivity index (χ2v) is 7.30. The molecule has 0 amide bonds. The Hall–Kier alpha value is -2.26. The van der Waals surface area contributed by atoms with E-state index in [-0.39, 0.29) is 6.10 Å². The summed E-state index contributed by atoms with van der Waals surface area (Å²) in [6, 6.07) is 15.3. The number of anilines is 2. The van der Waals surface area contributed by atoms with Crippen molar-refractivity contribution < 1.29 is 9.47 Å². The monoisotopic (exact) mass is 349 g/mol. The minimum Gasteiger partial charge on any atom is -0.489 e. The molecule has 3 nitrogen and oxygen atoms in total. The Bertz CT molecular complexity index is 782. The molecule has 26 heavy (non-hydrogen) atoms. The van der Waals surface area contributed by atoms with Crippen molar-refractivity contribution in [3.8, 4) is 5.75 Å². The van der Waals surface area contributed by atoms with E-state index in [1.807, 2.05) is 12.1 Å². The largest absolute Gasteiger partial charge is 0.489 e. The molecule has 2 aliphatic rings. The van der Waals surface area contributed by atoms with Crippen molar-refractivity contribution in [1.29, 1.82) is 0 Å². The molecule has 136 valence electrons. The van der Waals surface area contributed by atoms with Crippen LogP contribution < -0.4 is 9.64 Å². The van der Waals surface area contributed by atoms with Crippen molar-refractivity contribution in [2.75, 3.05) is 24.7 Å². The molecule has 1 saturated carbocycles. The number of ether oxygens (including phenoxy) is 2. The van der Waals surface area contributed by atoms with Gasteiger partial charge in [0.25, 0.3) is 0 Å². The molecule has 1 heterocycles. The molecule has 0 N–H and O–H groups in total. The Labute approximate surface area is 156 Å². The first-order valence-corrected chi connectivity index (χ1v) is 9.60. The molecule has 0 spiro atoms. The van der Waals surface area contributed by atoms with E-state index in [0.29, 0.717) is 6.61 Å². The predicted octanol–water partition coefficient (Wildman–Crippen LogP) is 5.23. The number of fused-ring (bicyclic) bond motifs is 1. The van der Waals surface area contributed by atoms with Gasteiger partial charge in [0.2, 0.25) is 0 Å². The van der Waals surface area contributed by atoms with Crippen LogP contribution in [0.4, 0.5) is 11.4 Å². The molecular formula is C23H27NO2. The molecule has 0 aromatic heterocycles. The van der Waals surface area contributed by atoms with E-state index in [9.17, 15) is 0 Å². The summed E-state index contributed by atoms with van der Waals surface area (Å²) in [5.41, 5.74) is 5.31. The number of benzene rings is 2. The lowest BCUT2D eigenvalue weighted by molar-refractivity contribution is 0.0703. The molecule has 4 rings (SSSR count). The lowest BCUT2D eigenvalue weighted by Crippen LogP contribution is -2.29. The van der Waals surface area contributed by atoms with Crippen LogP contribution in [-0.2, 0) is 11.2 Å². The molecule has 0 saturated heterocycles. The van der Waals surface area contributed by atoms with Crippen molar-refractivity contribution >= 4 is 11.4 Å². The molecule has 0 radical (unpaired) electrons. The maximum absolute atomic E-state index is 6.02. The van der Waals surface area contributed by atoms with Gasteiger partial charge in [-0.25, -0.2) is 0 Å². The first kappa shape index (κ1) is 17.2. The van der Waals surface area contributed by atoms with E-state index in [2.05, 4.69) is 48.7 Å². The predicted molar refractivity (Wildman–Crippen MR) is 107 cm³/mol. The smallest absolute Gasteiger partial charge is 0.121 e. The van der Waals surface area contributed by atoms with Gasteiger partial charge in [-0.05, 0) is 55.0 Å². The fraction of sp³-hybridized carbons (Fsp3) is 0.391. The Morgan fingerprint density at radius 3 is 2.92 bits per heavy atom. The topological polar surface area (TPSA) is 21.7 Å². The quantitative estimate of drug-likeness (QED) is 0.690. The summed E-state index contributed by atoms with van der Waals surface area (Å²) < 4.78 is 11.7. The zero-order chi connectivity index (χ0) is 17.9. The highest BCUT2D eigenvalue weighted by atomic mass is 16.5. The highest BCUT2D eigenvalue weighted by Crippen LogP contribution is 2.42. The van der Waals surface area contributed by atoms with Crippen LogP contribution in [0.5, 0.6) is 5.75 Å². The Morgan fingerprint density at radius 2 is 2.12 bits per heavy atom. The van der Waals surface area contributed by atoms with Gasteiger partial charge >= 0.3 is 0 Å². The van der Waals surface area contributed by atoms with Gasteiger partial charge in [0, 0.05) is 30.4 Å². The summed E-state index contributed by atoms with van der Waals surface area (Å²) in [5, 5.41) is 0. The minimum atomic E-state index is 0.257. The van der Waals surface area contributed by atoms with Gasteiger partial charge in [-0.15, -0.1) is 0 Å². The zero-order valence-corrected chi connectivity index (χ0v) is 15.5. The van der Waals surface area contributed by atoms with Crippen LogP contribution in [-0.4, -0.2) is 25.9 Å². The maximum atomic E-state index is 6.02. The molecule has 3 heteroatoms. The highest BCUT2D eigenvalue weighted by Gasteiger charge is 2.26. The number of hydrogen-bond donors (Lipinski definition) is 0. The number of hydrogen-bond acceptors (Lipinski definition) is 3. The second-order valence-electron chi connectivity index (χ2n) is 7.30.